The first-order valence-electron chi connectivity index (χ1n) is 7.59. The van der Waals surface area contributed by atoms with Crippen LogP contribution in [0.25, 0.3) is 0 Å². The van der Waals surface area contributed by atoms with Gasteiger partial charge in [-0.1, -0.05) is 6.92 Å². The summed E-state index contributed by atoms with van der Waals surface area (Å²) in [5.41, 5.74) is -0.287. The van der Waals surface area contributed by atoms with Crippen LogP contribution in [0.4, 0.5) is 0 Å². The van der Waals surface area contributed by atoms with Crippen molar-refractivity contribution in [3.8, 4) is 0 Å². The highest BCUT2D eigenvalue weighted by molar-refractivity contribution is 5.93. The van der Waals surface area contributed by atoms with Gasteiger partial charge in [0, 0.05) is 19.5 Å². The molecule has 0 aromatic rings. The summed E-state index contributed by atoms with van der Waals surface area (Å²) in [6, 6.07) is 0. The van der Waals surface area contributed by atoms with Crippen LogP contribution in [0.5, 0.6) is 0 Å². The summed E-state index contributed by atoms with van der Waals surface area (Å²) < 4.78 is 0. The Morgan fingerprint density at radius 3 is 2.53 bits per heavy atom. The smallest absolute Gasteiger partial charge is 0.248 e. The molecule has 3 aliphatic rings. The molecule has 0 spiro atoms. The maximum Gasteiger partial charge on any atom is 0.248 e. The molecule has 0 bridgehead atoms. The van der Waals surface area contributed by atoms with Crippen LogP contribution in [-0.2, 0) is 9.59 Å². The molecule has 19 heavy (non-hydrogen) atoms. The Balaban J connectivity index is 1.79. The molecule has 2 aliphatic carbocycles. The fraction of sp³-hybridized carbons (Fsp3) is 0.867. The first-order chi connectivity index (χ1) is 8.99. The minimum absolute atomic E-state index is 0.0339. The quantitative estimate of drug-likeness (QED) is 0.840. The van der Waals surface area contributed by atoms with E-state index < -0.39 is 5.54 Å². The van der Waals surface area contributed by atoms with Gasteiger partial charge >= 0.3 is 0 Å². The Morgan fingerprint density at radius 2 is 2.00 bits per heavy atom. The van der Waals surface area contributed by atoms with Crippen molar-refractivity contribution in [2.24, 2.45) is 11.3 Å². The van der Waals surface area contributed by atoms with Gasteiger partial charge in [-0.2, -0.15) is 0 Å². The largest absolute Gasteiger partial charge is 0.342 e. The van der Waals surface area contributed by atoms with Crippen LogP contribution in [0, 0.1) is 11.3 Å². The highest BCUT2D eigenvalue weighted by atomic mass is 16.2. The molecule has 1 N–H and O–H groups in total. The maximum atomic E-state index is 12.8. The van der Waals surface area contributed by atoms with Crippen molar-refractivity contribution in [1.82, 2.24) is 10.2 Å². The lowest BCUT2D eigenvalue weighted by Crippen LogP contribution is -2.57. The molecule has 0 aromatic carbocycles. The van der Waals surface area contributed by atoms with Gasteiger partial charge in [-0.3, -0.25) is 9.59 Å². The zero-order valence-corrected chi connectivity index (χ0v) is 12.0. The number of hydrogen-bond acceptors (Lipinski definition) is 2. The third-order valence-corrected chi connectivity index (χ3v) is 5.37. The van der Waals surface area contributed by atoms with E-state index in [-0.39, 0.29) is 11.8 Å². The first-order valence-corrected chi connectivity index (χ1v) is 7.59. The SMILES string of the molecule is CCC1(CN2CCC(=O)NC(C)(C3CC3)C2=O)CC1. The Kier molecular flexibility index (Phi) is 2.88. The van der Waals surface area contributed by atoms with Gasteiger partial charge in [0.25, 0.3) is 0 Å². The van der Waals surface area contributed by atoms with Gasteiger partial charge < -0.3 is 10.2 Å². The molecule has 0 aromatic heterocycles. The van der Waals surface area contributed by atoms with Gasteiger partial charge in [-0.15, -0.1) is 0 Å². The van der Waals surface area contributed by atoms with Crippen LogP contribution in [0.15, 0.2) is 0 Å². The van der Waals surface area contributed by atoms with Crippen LogP contribution in [0.3, 0.4) is 0 Å². The Hall–Kier alpha value is -1.06. The molecular formula is C15H24N2O2. The average molecular weight is 264 g/mol. The van der Waals surface area contributed by atoms with E-state index in [2.05, 4.69) is 12.2 Å². The predicted molar refractivity (Wildman–Crippen MR) is 72.4 cm³/mol. The fourth-order valence-electron chi connectivity index (χ4n) is 3.37. The Morgan fingerprint density at radius 1 is 1.32 bits per heavy atom. The monoisotopic (exact) mass is 264 g/mol. The molecule has 2 saturated carbocycles. The van der Waals surface area contributed by atoms with E-state index in [1.165, 1.54) is 12.8 Å². The molecule has 1 unspecified atom stereocenters. The topological polar surface area (TPSA) is 49.4 Å². The summed E-state index contributed by atoms with van der Waals surface area (Å²) in [5, 5.41) is 2.99. The number of carbonyl (C=O) groups excluding carboxylic acids is 2. The van der Waals surface area contributed by atoms with Gasteiger partial charge in [0.05, 0.1) is 0 Å². The second-order valence-electron chi connectivity index (χ2n) is 6.86. The van der Waals surface area contributed by atoms with Crippen molar-refractivity contribution < 1.29 is 9.59 Å². The lowest BCUT2D eigenvalue weighted by atomic mass is 9.93. The Bertz CT molecular complexity index is 412. The molecule has 1 atom stereocenters. The fourth-order valence-corrected chi connectivity index (χ4v) is 3.37. The molecule has 3 rings (SSSR count). The van der Waals surface area contributed by atoms with E-state index >= 15 is 0 Å². The number of carbonyl (C=O) groups is 2. The predicted octanol–water partition coefficient (Wildman–Crippen LogP) is 1.69. The van der Waals surface area contributed by atoms with Crippen LogP contribution in [0.1, 0.15) is 52.4 Å². The third kappa shape index (κ3) is 2.26. The van der Waals surface area contributed by atoms with E-state index in [1.807, 2.05) is 11.8 Å². The second-order valence-corrected chi connectivity index (χ2v) is 6.86. The molecule has 0 radical (unpaired) electrons. The van der Waals surface area contributed by atoms with Crippen LogP contribution < -0.4 is 5.32 Å². The van der Waals surface area contributed by atoms with E-state index in [4.69, 9.17) is 0 Å². The lowest BCUT2D eigenvalue weighted by Gasteiger charge is -2.34. The van der Waals surface area contributed by atoms with Crippen molar-refractivity contribution in [2.45, 2.75) is 57.9 Å². The summed E-state index contributed by atoms with van der Waals surface area (Å²) in [6.45, 7) is 5.57. The molecule has 2 amide bonds. The number of hydrogen-bond donors (Lipinski definition) is 1. The molecule has 106 valence electrons. The standard InChI is InChI=1S/C15H24N2O2/c1-3-15(7-8-15)10-17-9-6-12(18)16-14(2,13(17)19)11-4-5-11/h11H,3-10H2,1-2H3,(H,16,18). The minimum Gasteiger partial charge on any atom is -0.342 e. The van der Waals surface area contributed by atoms with E-state index in [9.17, 15) is 9.59 Å². The van der Waals surface area contributed by atoms with Crippen LogP contribution in [-0.4, -0.2) is 35.3 Å². The van der Waals surface area contributed by atoms with E-state index in [0.717, 1.165) is 25.8 Å². The zero-order valence-electron chi connectivity index (χ0n) is 12.0. The van der Waals surface area contributed by atoms with E-state index in [0.29, 0.717) is 24.3 Å². The molecule has 4 nitrogen and oxygen atoms in total. The molecule has 3 fully saturated rings. The van der Waals surface area contributed by atoms with Crippen molar-refractivity contribution >= 4 is 11.8 Å². The number of nitrogens with zero attached hydrogens (tertiary/aromatic N) is 1. The first kappa shape index (κ1) is 12.9. The molecular weight excluding hydrogens is 240 g/mol. The summed E-state index contributed by atoms with van der Waals surface area (Å²) in [5.74, 6) is 0.536. The van der Waals surface area contributed by atoms with Gasteiger partial charge in [0.1, 0.15) is 5.54 Å². The zero-order chi connectivity index (χ0) is 13.7. The minimum atomic E-state index is -0.641. The van der Waals surface area contributed by atoms with Gasteiger partial charge in [-0.25, -0.2) is 0 Å². The summed E-state index contributed by atoms with van der Waals surface area (Å²) >= 11 is 0. The van der Waals surface area contributed by atoms with Crippen molar-refractivity contribution in [3.63, 3.8) is 0 Å². The molecule has 1 saturated heterocycles. The summed E-state index contributed by atoms with van der Waals surface area (Å²) in [7, 11) is 0. The summed E-state index contributed by atoms with van der Waals surface area (Å²) in [6.07, 6.45) is 6.18. The lowest BCUT2D eigenvalue weighted by molar-refractivity contribution is -0.139. The summed E-state index contributed by atoms with van der Waals surface area (Å²) in [4.78, 5) is 26.7. The van der Waals surface area contributed by atoms with Crippen molar-refractivity contribution in [1.29, 1.82) is 0 Å². The van der Waals surface area contributed by atoms with Crippen molar-refractivity contribution in [2.75, 3.05) is 13.1 Å². The normalized spacial score (nSPS) is 33.9. The highest BCUT2D eigenvalue weighted by Crippen LogP contribution is 2.50. The van der Waals surface area contributed by atoms with Crippen LogP contribution >= 0.6 is 0 Å². The van der Waals surface area contributed by atoms with E-state index in [1.54, 1.807) is 0 Å². The Labute approximate surface area is 114 Å². The second kappa shape index (κ2) is 4.22. The van der Waals surface area contributed by atoms with Crippen LogP contribution in [0.2, 0.25) is 0 Å². The number of amides is 2. The number of nitrogens with one attached hydrogen (secondary N) is 1. The molecule has 4 heteroatoms. The molecule has 1 heterocycles. The average Bonchev–Trinajstić information content (AvgIpc) is 3.26. The third-order valence-electron chi connectivity index (χ3n) is 5.37. The van der Waals surface area contributed by atoms with Gasteiger partial charge in [-0.05, 0) is 50.4 Å². The van der Waals surface area contributed by atoms with Gasteiger partial charge in [0.2, 0.25) is 11.8 Å². The highest BCUT2D eigenvalue weighted by Gasteiger charge is 2.53. The van der Waals surface area contributed by atoms with Gasteiger partial charge in [0.15, 0.2) is 0 Å². The molecule has 1 aliphatic heterocycles. The number of rotatable bonds is 4. The van der Waals surface area contributed by atoms with Crippen molar-refractivity contribution in [3.05, 3.63) is 0 Å². The maximum absolute atomic E-state index is 12.8.